The summed E-state index contributed by atoms with van der Waals surface area (Å²) in [4.78, 5) is 33.8. The summed E-state index contributed by atoms with van der Waals surface area (Å²) >= 11 is 0. The number of nitrogens with zero attached hydrogens (tertiary/aromatic N) is 2. The van der Waals surface area contributed by atoms with Gasteiger partial charge in [0.05, 0.1) is 23.6 Å². The zero-order chi connectivity index (χ0) is 24.1. The number of esters is 1. The van der Waals surface area contributed by atoms with Gasteiger partial charge in [0.15, 0.2) is 5.88 Å². The Bertz CT molecular complexity index is 1360. The molecule has 1 heterocycles. The third-order valence-electron chi connectivity index (χ3n) is 5.32. The number of ether oxygens (including phenoxy) is 1. The average Bonchev–Trinajstić information content (AvgIpc) is 3.18. The number of carbonyl (C=O) groups is 2. The van der Waals surface area contributed by atoms with Crippen molar-refractivity contribution in [3.8, 4) is 5.88 Å². The maximum Gasteiger partial charge on any atom is 0.325 e. The molecule has 0 radical (unpaired) electrons. The maximum absolute atomic E-state index is 12.9. The highest BCUT2D eigenvalue weighted by Crippen LogP contribution is 2.31. The van der Waals surface area contributed by atoms with E-state index in [1.54, 1.807) is 38.2 Å². The second-order valence-electron chi connectivity index (χ2n) is 7.74. The number of hydrogen-bond donors (Lipinski definition) is 2. The second-order valence-corrected chi connectivity index (χ2v) is 7.74. The van der Waals surface area contributed by atoms with Crippen molar-refractivity contribution in [2.75, 3.05) is 20.2 Å². The van der Waals surface area contributed by atoms with E-state index in [0.29, 0.717) is 22.5 Å². The number of hydrogen-bond acceptors (Lipinski definition) is 5. The van der Waals surface area contributed by atoms with Crippen molar-refractivity contribution < 1.29 is 19.4 Å². The van der Waals surface area contributed by atoms with Gasteiger partial charge in [0.25, 0.3) is 5.91 Å². The van der Waals surface area contributed by atoms with Crippen molar-refractivity contribution in [3.05, 3.63) is 95.6 Å². The van der Waals surface area contributed by atoms with E-state index in [9.17, 15) is 14.7 Å². The van der Waals surface area contributed by atoms with Crippen LogP contribution in [0.2, 0.25) is 0 Å². The number of aromatic amines is 1. The van der Waals surface area contributed by atoms with Gasteiger partial charge in [-0.15, -0.1) is 0 Å². The molecule has 7 heteroatoms. The number of aromatic nitrogens is 1. The van der Waals surface area contributed by atoms with E-state index in [1.807, 2.05) is 54.6 Å². The van der Waals surface area contributed by atoms with Gasteiger partial charge in [-0.3, -0.25) is 9.59 Å². The molecule has 3 aromatic carbocycles. The normalized spacial score (nSPS) is 11.4. The van der Waals surface area contributed by atoms with E-state index in [4.69, 9.17) is 9.73 Å². The van der Waals surface area contributed by atoms with E-state index in [-0.39, 0.29) is 24.9 Å². The monoisotopic (exact) mass is 455 g/mol. The number of fused-ring (bicyclic) bond motifs is 1. The number of likely N-dealkylation sites (N-methyl/N-ethyl adjacent to an activating group) is 1. The summed E-state index contributed by atoms with van der Waals surface area (Å²) in [7, 11) is 1.55. The van der Waals surface area contributed by atoms with Crippen LogP contribution < -0.4 is 0 Å². The van der Waals surface area contributed by atoms with E-state index in [2.05, 4.69) is 4.98 Å². The molecule has 0 bridgehead atoms. The summed E-state index contributed by atoms with van der Waals surface area (Å²) in [5.41, 5.74) is 3.70. The molecule has 0 atom stereocenters. The lowest BCUT2D eigenvalue weighted by molar-refractivity contribution is -0.143. The molecule has 34 heavy (non-hydrogen) atoms. The van der Waals surface area contributed by atoms with Gasteiger partial charge in [-0.1, -0.05) is 54.6 Å². The lowest BCUT2D eigenvalue weighted by atomic mass is 10.0. The first-order chi connectivity index (χ1) is 16.5. The van der Waals surface area contributed by atoms with Crippen LogP contribution in [0.25, 0.3) is 10.9 Å². The number of nitrogens with one attached hydrogen (secondary N) is 1. The first-order valence-corrected chi connectivity index (χ1v) is 10.9. The molecular formula is C27H25N3O4. The Kier molecular flexibility index (Phi) is 6.73. The van der Waals surface area contributed by atoms with E-state index < -0.39 is 5.97 Å². The van der Waals surface area contributed by atoms with Gasteiger partial charge in [-0.2, -0.15) is 0 Å². The Labute approximate surface area is 197 Å². The van der Waals surface area contributed by atoms with Crippen molar-refractivity contribution in [1.29, 1.82) is 0 Å². The lowest BCUT2D eigenvalue weighted by Crippen LogP contribution is -2.33. The molecule has 0 aliphatic rings. The van der Waals surface area contributed by atoms with Crippen molar-refractivity contribution in [2.45, 2.75) is 6.92 Å². The first kappa shape index (κ1) is 22.8. The van der Waals surface area contributed by atoms with Crippen molar-refractivity contribution in [3.63, 3.8) is 0 Å². The Hall–Kier alpha value is -4.39. The molecule has 7 nitrogen and oxygen atoms in total. The van der Waals surface area contributed by atoms with Crippen LogP contribution in [0.3, 0.4) is 0 Å². The fraction of sp³-hybridized carbons (Fsp3) is 0.148. The van der Waals surface area contributed by atoms with Crippen molar-refractivity contribution in [1.82, 2.24) is 9.88 Å². The van der Waals surface area contributed by atoms with Crippen LogP contribution >= 0.6 is 0 Å². The van der Waals surface area contributed by atoms with E-state index >= 15 is 0 Å². The minimum absolute atomic E-state index is 0.0187. The van der Waals surface area contributed by atoms with Crippen molar-refractivity contribution >= 4 is 34.2 Å². The van der Waals surface area contributed by atoms with Crippen molar-refractivity contribution in [2.24, 2.45) is 4.99 Å². The summed E-state index contributed by atoms with van der Waals surface area (Å²) in [6.45, 7) is 1.84. The van der Waals surface area contributed by atoms with E-state index in [1.165, 1.54) is 4.90 Å². The highest BCUT2D eigenvalue weighted by molar-refractivity contribution is 6.21. The quantitative estimate of drug-likeness (QED) is 0.313. The number of H-pyrrole nitrogens is 1. The largest absolute Gasteiger partial charge is 0.494 e. The van der Waals surface area contributed by atoms with Gasteiger partial charge in [0.2, 0.25) is 0 Å². The standard InChI is InChI=1S/C27H25N3O4/c1-3-34-23(31)17-30(2)27(33)19-12-9-13-20(16-19)28-25(18-10-5-4-6-11-18)24-21-14-7-8-15-22(21)29-26(24)32/h4-16,29,32H,3,17H2,1-2H3. The number of amides is 1. The molecule has 0 saturated carbocycles. The molecular weight excluding hydrogens is 430 g/mol. The third kappa shape index (κ3) is 4.83. The molecule has 0 unspecified atom stereocenters. The molecule has 0 saturated heterocycles. The van der Waals surface area contributed by atoms with Gasteiger partial charge in [0, 0.05) is 29.1 Å². The Morgan fingerprint density at radius 2 is 1.68 bits per heavy atom. The number of carbonyl (C=O) groups excluding carboxylic acids is 2. The van der Waals surface area contributed by atoms with Gasteiger partial charge in [-0.25, -0.2) is 4.99 Å². The fourth-order valence-electron chi connectivity index (χ4n) is 3.76. The number of para-hydroxylation sites is 1. The molecule has 0 aliphatic carbocycles. The molecule has 172 valence electrons. The third-order valence-corrected chi connectivity index (χ3v) is 5.32. The number of rotatable bonds is 7. The average molecular weight is 456 g/mol. The highest BCUT2D eigenvalue weighted by Gasteiger charge is 2.19. The lowest BCUT2D eigenvalue weighted by Gasteiger charge is -2.16. The smallest absolute Gasteiger partial charge is 0.325 e. The van der Waals surface area contributed by atoms with Gasteiger partial charge in [-0.05, 0) is 31.2 Å². The molecule has 1 aromatic heterocycles. The highest BCUT2D eigenvalue weighted by atomic mass is 16.5. The minimum atomic E-state index is -0.464. The van der Waals surface area contributed by atoms with Crippen LogP contribution in [0.15, 0.2) is 83.9 Å². The van der Waals surface area contributed by atoms with Crippen LogP contribution in [0.5, 0.6) is 5.88 Å². The molecule has 2 N–H and O–H groups in total. The summed E-state index contributed by atoms with van der Waals surface area (Å²) in [6.07, 6.45) is 0. The molecule has 0 spiro atoms. The number of benzene rings is 3. The van der Waals surface area contributed by atoms with Gasteiger partial charge < -0.3 is 19.7 Å². The zero-order valence-corrected chi connectivity index (χ0v) is 19.0. The second kappa shape index (κ2) is 10.0. The SMILES string of the molecule is CCOC(=O)CN(C)C(=O)c1cccc(N=C(c2ccccc2)c2c(O)[nH]c3ccccc23)c1. The first-order valence-electron chi connectivity index (χ1n) is 10.9. The summed E-state index contributed by atoms with van der Waals surface area (Å²) in [5, 5.41) is 11.6. The summed E-state index contributed by atoms with van der Waals surface area (Å²) in [5.74, 6) is -0.764. The maximum atomic E-state index is 12.9. The van der Waals surface area contributed by atoms with Gasteiger partial charge in [0.1, 0.15) is 6.54 Å². The predicted octanol–water partition coefficient (Wildman–Crippen LogP) is 4.68. The fourth-order valence-corrected chi connectivity index (χ4v) is 3.76. The molecule has 4 rings (SSSR count). The molecule has 4 aromatic rings. The van der Waals surface area contributed by atoms with Crippen LogP contribution in [0.1, 0.15) is 28.4 Å². The minimum Gasteiger partial charge on any atom is -0.494 e. The van der Waals surface area contributed by atoms with E-state index in [0.717, 1.165) is 16.5 Å². The van der Waals surface area contributed by atoms with Crippen LogP contribution in [-0.4, -0.2) is 52.8 Å². The Morgan fingerprint density at radius 3 is 2.44 bits per heavy atom. The predicted molar refractivity (Wildman–Crippen MR) is 132 cm³/mol. The molecule has 1 amide bonds. The number of aliphatic imine (C=N–C) groups is 1. The molecule has 0 aliphatic heterocycles. The zero-order valence-electron chi connectivity index (χ0n) is 19.0. The Morgan fingerprint density at radius 1 is 0.971 bits per heavy atom. The van der Waals surface area contributed by atoms with Gasteiger partial charge >= 0.3 is 5.97 Å². The number of aromatic hydroxyl groups is 1. The van der Waals surface area contributed by atoms with Crippen LogP contribution in [0.4, 0.5) is 5.69 Å². The summed E-state index contributed by atoms with van der Waals surface area (Å²) in [6, 6.07) is 24.0. The summed E-state index contributed by atoms with van der Waals surface area (Å²) < 4.78 is 4.93. The topological polar surface area (TPSA) is 95.0 Å². The van der Waals surface area contributed by atoms with Crippen LogP contribution in [0, 0.1) is 0 Å². The Balaban J connectivity index is 1.76. The molecule has 0 fully saturated rings. The van der Waals surface area contributed by atoms with Crippen LogP contribution in [-0.2, 0) is 9.53 Å².